The number of anilines is 1. The molecule has 0 saturated carbocycles. The number of primary amides is 1. The lowest BCUT2D eigenvalue weighted by atomic mass is 10.2. The van der Waals surface area contributed by atoms with Gasteiger partial charge in [0.1, 0.15) is 5.75 Å². The highest BCUT2D eigenvalue weighted by Crippen LogP contribution is 2.29. The smallest absolute Gasteiger partial charge is 0.316 e. The third kappa shape index (κ3) is 2.98. The molecule has 0 radical (unpaired) electrons. The maximum absolute atomic E-state index is 10.9. The van der Waals surface area contributed by atoms with Crippen molar-refractivity contribution in [3.63, 3.8) is 0 Å². The van der Waals surface area contributed by atoms with Crippen molar-refractivity contribution in [2.45, 2.75) is 6.92 Å². The molecule has 0 unspecified atom stereocenters. The van der Waals surface area contributed by atoms with Gasteiger partial charge in [-0.15, -0.1) is 0 Å². The summed E-state index contributed by atoms with van der Waals surface area (Å²) in [5.41, 5.74) is 6.66. The van der Waals surface area contributed by atoms with E-state index in [1.165, 1.54) is 0 Å². The van der Waals surface area contributed by atoms with Gasteiger partial charge in [-0.05, 0) is 36.8 Å². The van der Waals surface area contributed by atoms with Crippen LogP contribution in [0.1, 0.15) is 5.56 Å². The average Bonchev–Trinajstić information content (AvgIpc) is 2.33. The van der Waals surface area contributed by atoms with E-state index in [1.807, 2.05) is 13.0 Å². The summed E-state index contributed by atoms with van der Waals surface area (Å²) in [4.78, 5) is 14.8. The van der Waals surface area contributed by atoms with Gasteiger partial charge in [0.05, 0.1) is 5.69 Å². The molecular weight excluding hydrogens is 230 g/mol. The topological polar surface area (TPSA) is 77.2 Å². The number of benzene rings is 1. The Labute approximate surface area is 105 Å². The van der Waals surface area contributed by atoms with E-state index in [1.54, 1.807) is 36.7 Å². The van der Waals surface area contributed by atoms with E-state index in [0.717, 1.165) is 5.56 Å². The van der Waals surface area contributed by atoms with E-state index in [0.29, 0.717) is 17.2 Å². The summed E-state index contributed by atoms with van der Waals surface area (Å²) in [7, 11) is 0. The zero-order valence-corrected chi connectivity index (χ0v) is 9.88. The molecule has 0 atom stereocenters. The number of aromatic nitrogens is 1. The molecular formula is C13H13N3O2. The number of amides is 2. The van der Waals surface area contributed by atoms with Crippen molar-refractivity contribution < 1.29 is 9.53 Å². The lowest BCUT2D eigenvalue weighted by Gasteiger charge is -2.11. The Bertz CT molecular complexity index is 555. The second kappa shape index (κ2) is 5.18. The van der Waals surface area contributed by atoms with Gasteiger partial charge in [0, 0.05) is 12.4 Å². The van der Waals surface area contributed by atoms with Gasteiger partial charge in [0.25, 0.3) is 0 Å². The summed E-state index contributed by atoms with van der Waals surface area (Å²) < 4.78 is 5.66. The molecule has 5 heteroatoms. The molecule has 18 heavy (non-hydrogen) atoms. The Morgan fingerprint density at radius 2 is 2.00 bits per heavy atom. The minimum absolute atomic E-state index is 0.533. The Balaban J connectivity index is 2.29. The summed E-state index contributed by atoms with van der Waals surface area (Å²) in [5.74, 6) is 1.17. The van der Waals surface area contributed by atoms with Crippen molar-refractivity contribution in [2.75, 3.05) is 5.32 Å². The molecule has 92 valence electrons. The van der Waals surface area contributed by atoms with Crippen molar-refractivity contribution >= 4 is 11.7 Å². The number of carbonyl (C=O) groups excluding carboxylic acids is 1. The molecule has 1 aromatic heterocycles. The number of nitrogens with one attached hydrogen (secondary N) is 1. The molecule has 2 rings (SSSR count). The van der Waals surface area contributed by atoms with Crippen molar-refractivity contribution in [1.29, 1.82) is 0 Å². The predicted molar refractivity (Wildman–Crippen MR) is 68.7 cm³/mol. The zero-order valence-electron chi connectivity index (χ0n) is 9.88. The van der Waals surface area contributed by atoms with Crippen molar-refractivity contribution in [3.8, 4) is 11.5 Å². The molecule has 3 N–H and O–H groups in total. The maximum atomic E-state index is 10.9. The van der Waals surface area contributed by atoms with Gasteiger partial charge in [-0.2, -0.15) is 0 Å². The van der Waals surface area contributed by atoms with Gasteiger partial charge in [-0.1, -0.05) is 6.07 Å². The van der Waals surface area contributed by atoms with E-state index in [2.05, 4.69) is 10.3 Å². The minimum Gasteiger partial charge on any atom is -0.455 e. The number of urea groups is 1. The number of hydrogen-bond acceptors (Lipinski definition) is 3. The molecule has 0 aliphatic carbocycles. The lowest BCUT2D eigenvalue weighted by molar-refractivity contribution is 0.259. The summed E-state index contributed by atoms with van der Waals surface area (Å²) >= 11 is 0. The monoisotopic (exact) mass is 243 g/mol. The van der Waals surface area contributed by atoms with Crippen molar-refractivity contribution in [2.24, 2.45) is 5.73 Å². The lowest BCUT2D eigenvalue weighted by Crippen LogP contribution is -2.19. The van der Waals surface area contributed by atoms with Gasteiger partial charge >= 0.3 is 6.03 Å². The number of nitrogens with two attached hydrogens (primary N) is 1. The van der Waals surface area contributed by atoms with Crippen LogP contribution in [-0.4, -0.2) is 11.0 Å². The van der Waals surface area contributed by atoms with Gasteiger partial charge < -0.3 is 15.8 Å². The van der Waals surface area contributed by atoms with Crippen LogP contribution in [0, 0.1) is 6.92 Å². The Morgan fingerprint density at radius 1 is 1.28 bits per heavy atom. The Morgan fingerprint density at radius 3 is 2.67 bits per heavy atom. The van der Waals surface area contributed by atoms with Crippen LogP contribution >= 0.6 is 0 Å². The molecule has 0 spiro atoms. The SMILES string of the molecule is Cc1ccc(Oc2ccncc2)c(NC(N)=O)c1. The Hall–Kier alpha value is -2.56. The molecule has 2 aromatic rings. The molecule has 2 amide bonds. The fourth-order valence-corrected chi connectivity index (χ4v) is 1.50. The number of pyridine rings is 1. The van der Waals surface area contributed by atoms with Crippen LogP contribution in [0.3, 0.4) is 0 Å². The first kappa shape index (κ1) is 11.9. The zero-order chi connectivity index (χ0) is 13.0. The fourth-order valence-electron chi connectivity index (χ4n) is 1.50. The van der Waals surface area contributed by atoms with Crippen LogP contribution in [0.5, 0.6) is 11.5 Å². The summed E-state index contributed by atoms with van der Waals surface area (Å²) in [6.45, 7) is 1.92. The number of ether oxygens (including phenoxy) is 1. The molecule has 1 heterocycles. The molecule has 5 nitrogen and oxygen atoms in total. The van der Waals surface area contributed by atoms with E-state index in [-0.39, 0.29) is 0 Å². The largest absolute Gasteiger partial charge is 0.455 e. The van der Waals surface area contributed by atoms with E-state index >= 15 is 0 Å². The highest BCUT2D eigenvalue weighted by molar-refractivity contribution is 5.89. The Kier molecular flexibility index (Phi) is 3.43. The van der Waals surface area contributed by atoms with Gasteiger partial charge in [-0.3, -0.25) is 4.98 Å². The van der Waals surface area contributed by atoms with Crippen LogP contribution in [-0.2, 0) is 0 Å². The number of carbonyl (C=O) groups is 1. The van der Waals surface area contributed by atoms with Crippen molar-refractivity contribution in [1.82, 2.24) is 4.98 Å². The first-order valence-electron chi connectivity index (χ1n) is 5.40. The molecule has 0 aliphatic rings. The van der Waals surface area contributed by atoms with E-state index < -0.39 is 6.03 Å². The molecule has 0 bridgehead atoms. The van der Waals surface area contributed by atoms with Crippen LogP contribution in [0.25, 0.3) is 0 Å². The van der Waals surface area contributed by atoms with Crippen LogP contribution in [0.15, 0.2) is 42.7 Å². The number of aryl methyl sites for hydroxylation is 1. The van der Waals surface area contributed by atoms with Crippen molar-refractivity contribution in [3.05, 3.63) is 48.3 Å². The second-order valence-corrected chi connectivity index (χ2v) is 3.77. The standard InChI is InChI=1S/C13H13N3O2/c1-9-2-3-12(11(8-9)16-13(14)17)18-10-4-6-15-7-5-10/h2-8H,1H3,(H3,14,16,17). The quantitative estimate of drug-likeness (QED) is 0.870. The number of hydrogen-bond donors (Lipinski definition) is 2. The third-order valence-electron chi connectivity index (χ3n) is 2.27. The maximum Gasteiger partial charge on any atom is 0.316 e. The van der Waals surface area contributed by atoms with Crippen LogP contribution in [0.2, 0.25) is 0 Å². The molecule has 0 saturated heterocycles. The first-order valence-corrected chi connectivity index (χ1v) is 5.40. The van der Waals surface area contributed by atoms with Crippen LogP contribution < -0.4 is 15.8 Å². The average molecular weight is 243 g/mol. The molecule has 1 aromatic carbocycles. The van der Waals surface area contributed by atoms with Gasteiger partial charge in [0.15, 0.2) is 5.75 Å². The predicted octanol–water partition coefficient (Wildman–Crippen LogP) is 2.67. The van der Waals surface area contributed by atoms with E-state index in [4.69, 9.17) is 10.5 Å². The minimum atomic E-state index is -0.625. The highest BCUT2D eigenvalue weighted by Gasteiger charge is 2.07. The highest BCUT2D eigenvalue weighted by atomic mass is 16.5. The van der Waals surface area contributed by atoms with Gasteiger partial charge in [0.2, 0.25) is 0 Å². The third-order valence-corrected chi connectivity index (χ3v) is 2.27. The summed E-state index contributed by atoms with van der Waals surface area (Å²) in [5, 5.41) is 2.53. The first-order chi connectivity index (χ1) is 8.65. The molecule has 0 fully saturated rings. The van der Waals surface area contributed by atoms with Crippen LogP contribution in [0.4, 0.5) is 10.5 Å². The van der Waals surface area contributed by atoms with Gasteiger partial charge in [-0.25, -0.2) is 4.79 Å². The number of nitrogens with zero attached hydrogens (tertiary/aromatic N) is 1. The molecule has 0 aliphatic heterocycles. The fraction of sp³-hybridized carbons (Fsp3) is 0.0769. The van der Waals surface area contributed by atoms with E-state index in [9.17, 15) is 4.79 Å². The summed E-state index contributed by atoms with van der Waals surface area (Å²) in [6, 6.07) is 8.30. The number of rotatable bonds is 3. The summed E-state index contributed by atoms with van der Waals surface area (Å²) in [6.07, 6.45) is 3.26. The normalized spacial score (nSPS) is 9.83. The second-order valence-electron chi connectivity index (χ2n) is 3.77.